The number of H-pyrrole nitrogens is 2. The van der Waals surface area contributed by atoms with Gasteiger partial charge >= 0.3 is 5.69 Å². The Morgan fingerprint density at radius 3 is 2.84 bits per heavy atom. The number of carbonyl (C=O) groups excluding carboxylic acids is 1. The van der Waals surface area contributed by atoms with E-state index in [1.54, 1.807) is 31.2 Å². The molecule has 0 radical (unpaired) electrons. The molecule has 1 aliphatic rings. The Bertz CT molecular complexity index is 1310. The minimum atomic E-state index is -0.517. The smallest absolute Gasteiger partial charge is 0.323 e. The van der Waals surface area contributed by atoms with E-state index in [2.05, 4.69) is 25.5 Å². The number of para-hydroxylation sites is 2. The predicted octanol–water partition coefficient (Wildman–Crippen LogP) is 2.87. The van der Waals surface area contributed by atoms with Crippen molar-refractivity contribution in [1.29, 1.82) is 0 Å². The van der Waals surface area contributed by atoms with Crippen LogP contribution in [0.15, 0.2) is 56.9 Å². The van der Waals surface area contributed by atoms with Gasteiger partial charge in [-0.2, -0.15) is 0 Å². The molecule has 10 nitrogen and oxygen atoms in total. The number of fused-ring (bicyclic) bond motifs is 2. The molecule has 1 aliphatic heterocycles. The summed E-state index contributed by atoms with van der Waals surface area (Å²) in [5, 5.41) is 10.6. The highest BCUT2D eigenvalue weighted by molar-refractivity contribution is 8.00. The fourth-order valence-electron chi connectivity index (χ4n) is 3.10. The predicted molar refractivity (Wildman–Crippen MR) is 112 cm³/mol. The first-order chi connectivity index (χ1) is 15.0. The molecule has 1 amide bonds. The van der Waals surface area contributed by atoms with Gasteiger partial charge in [0.25, 0.3) is 11.1 Å². The Hall–Kier alpha value is -3.73. The zero-order valence-electron chi connectivity index (χ0n) is 16.2. The Kier molecular flexibility index (Phi) is 4.86. The van der Waals surface area contributed by atoms with Gasteiger partial charge in [-0.25, -0.2) is 4.79 Å². The summed E-state index contributed by atoms with van der Waals surface area (Å²) in [6.45, 7) is 1.99. The van der Waals surface area contributed by atoms with Crippen molar-refractivity contribution >= 4 is 34.4 Å². The lowest BCUT2D eigenvalue weighted by molar-refractivity contribution is -0.115. The molecular weight excluding hydrogens is 422 g/mol. The first kappa shape index (κ1) is 19.2. The number of hydrogen-bond donors (Lipinski definition) is 3. The number of imidazole rings is 1. The van der Waals surface area contributed by atoms with Gasteiger partial charge in [-0.1, -0.05) is 23.9 Å². The SMILES string of the molecule is C[C@@H](Sc1nnc([C@@H]2COc3ccccc3O2)o1)C(=O)Nc1ccc2[nH]c(=O)[nH]c2c1. The molecule has 2 aromatic carbocycles. The number of benzene rings is 2. The first-order valence-electron chi connectivity index (χ1n) is 9.46. The minimum Gasteiger partial charge on any atom is -0.485 e. The van der Waals surface area contributed by atoms with E-state index in [1.165, 1.54) is 0 Å². The lowest BCUT2D eigenvalue weighted by atomic mass is 10.2. The summed E-state index contributed by atoms with van der Waals surface area (Å²) in [6, 6.07) is 12.5. The Morgan fingerprint density at radius 1 is 1.16 bits per heavy atom. The fraction of sp³-hybridized carbons (Fsp3) is 0.200. The monoisotopic (exact) mass is 439 g/mol. The molecule has 0 fully saturated rings. The third-order valence-corrected chi connectivity index (χ3v) is 5.57. The molecule has 5 rings (SSSR count). The summed E-state index contributed by atoms with van der Waals surface area (Å²) in [5.74, 6) is 1.32. The largest absolute Gasteiger partial charge is 0.485 e. The number of aromatic nitrogens is 4. The van der Waals surface area contributed by atoms with E-state index >= 15 is 0 Å². The Balaban J connectivity index is 1.22. The van der Waals surface area contributed by atoms with E-state index < -0.39 is 11.4 Å². The maximum Gasteiger partial charge on any atom is 0.323 e. The molecule has 4 aromatic rings. The number of rotatable bonds is 5. The second-order valence-corrected chi connectivity index (χ2v) is 8.15. The van der Waals surface area contributed by atoms with Gasteiger partial charge < -0.3 is 29.2 Å². The molecule has 0 bridgehead atoms. The van der Waals surface area contributed by atoms with Gasteiger partial charge in [-0.3, -0.25) is 4.79 Å². The minimum absolute atomic E-state index is 0.242. The quantitative estimate of drug-likeness (QED) is 0.404. The van der Waals surface area contributed by atoms with E-state index in [4.69, 9.17) is 13.9 Å². The van der Waals surface area contributed by atoms with Gasteiger partial charge in [0, 0.05) is 5.69 Å². The van der Waals surface area contributed by atoms with Crippen molar-refractivity contribution in [2.24, 2.45) is 0 Å². The van der Waals surface area contributed by atoms with Crippen LogP contribution in [0.4, 0.5) is 5.69 Å². The van der Waals surface area contributed by atoms with E-state index in [0.29, 0.717) is 28.2 Å². The molecular formula is C20H17N5O5S. The zero-order valence-corrected chi connectivity index (χ0v) is 17.1. The number of ether oxygens (including phenoxy) is 2. The highest BCUT2D eigenvalue weighted by atomic mass is 32.2. The summed E-state index contributed by atoms with van der Waals surface area (Å²) in [6.07, 6.45) is -0.517. The normalized spacial score (nSPS) is 16.2. The second kappa shape index (κ2) is 7.84. The highest BCUT2D eigenvalue weighted by Crippen LogP contribution is 2.36. The van der Waals surface area contributed by atoms with Crippen LogP contribution >= 0.6 is 11.8 Å². The van der Waals surface area contributed by atoms with Crippen molar-refractivity contribution in [3.05, 3.63) is 58.8 Å². The maximum absolute atomic E-state index is 12.6. The number of anilines is 1. The number of amides is 1. The topological polar surface area (TPSA) is 135 Å². The highest BCUT2D eigenvalue weighted by Gasteiger charge is 2.28. The van der Waals surface area contributed by atoms with Gasteiger partial charge in [0.2, 0.25) is 12.0 Å². The molecule has 158 valence electrons. The van der Waals surface area contributed by atoms with Crippen LogP contribution in [0.25, 0.3) is 11.0 Å². The van der Waals surface area contributed by atoms with E-state index in [-0.39, 0.29) is 29.3 Å². The van der Waals surface area contributed by atoms with E-state index in [1.807, 2.05) is 18.2 Å². The number of nitrogens with zero attached hydrogens (tertiary/aromatic N) is 2. The van der Waals surface area contributed by atoms with Crippen molar-refractivity contribution in [2.45, 2.75) is 23.5 Å². The summed E-state index contributed by atoms with van der Waals surface area (Å²) in [4.78, 5) is 29.2. The van der Waals surface area contributed by atoms with Gasteiger partial charge in [-0.05, 0) is 37.3 Å². The standard InChI is InChI=1S/C20H17N5O5S/c1-10(17(26)21-11-6-7-12-13(8-11)23-19(27)22-12)31-20-25-24-18(30-20)16-9-28-14-4-2-3-5-15(14)29-16/h2-8,10,16H,9H2,1H3,(H,21,26)(H2,22,23,27)/t10-,16+/m1/s1. The lowest BCUT2D eigenvalue weighted by Gasteiger charge is -2.23. The number of nitrogens with one attached hydrogen (secondary N) is 3. The maximum atomic E-state index is 12.6. The van der Waals surface area contributed by atoms with Crippen molar-refractivity contribution in [3.8, 4) is 11.5 Å². The van der Waals surface area contributed by atoms with Crippen LogP contribution in [-0.4, -0.2) is 37.9 Å². The van der Waals surface area contributed by atoms with Crippen LogP contribution in [0, 0.1) is 0 Å². The van der Waals surface area contributed by atoms with Crippen LogP contribution in [0.1, 0.15) is 18.9 Å². The Labute approximate surface area is 179 Å². The average molecular weight is 439 g/mol. The summed E-state index contributed by atoms with van der Waals surface area (Å²) < 4.78 is 17.2. The number of carbonyl (C=O) groups is 1. The molecule has 2 atom stereocenters. The van der Waals surface area contributed by atoms with Crippen LogP contribution in [0.5, 0.6) is 11.5 Å². The number of aromatic amines is 2. The van der Waals surface area contributed by atoms with Crippen molar-refractivity contribution < 1.29 is 18.7 Å². The Morgan fingerprint density at radius 2 is 1.97 bits per heavy atom. The van der Waals surface area contributed by atoms with Crippen LogP contribution in [0.3, 0.4) is 0 Å². The van der Waals surface area contributed by atoms with Crippen molar-refractivity contribution in [1.82, 2.24) is 20.2 Å². The van der Waals surface area contributed by atoms with Gasteiger partial charge in [0.15, 0.2) is 11.5 Å². The van der Waals surface area contributed by atoms with Gasteiger partial charge in [0.1, 0.15) is 6.61 Å². The second-order valence-electron chi connectivity index (χ2n) is 6.86. The van der Waals surface area contributed by atoms with E-state index in [9.17, 15) is 9.59 Å². The molecule has 2 aromatic heterocycles. The molecule has 0 unspecified atom stereocenters. The molecule has 11 heteroatoms. The number of hydrogen-bond acceptors (Lipinski definition) is 8. The fourth-order valence-corrected chi connectivity index (χ4v) is 3.79. The number of thioether (sulfide) groups is 1. The molecule has 3 N–H and O–H groups in total. The summed E-state index contributed by atoms with van der Waals surface area (Å²) in [7, 11) is 0. The molecule has 31 heavy (non-hydrogen) atoms. The van der Waals surface area contributed by atoms with Crippen LogP contribution < -0.4 is 20.5 Å². The van der Waals surface area contributed by atoms with Crippen molar-refractivity contribution in [2.75, 3.05) is 11.9 Å². The first-order valence-corrected chi connectivity index (χ1v) is 10.3. The summed E-state index contributed by atoms with van der Waals surface area (Å²) >= 11 is 1.14. The molecule has 0 saturated heterocycles. The molecule has 3 heterocycles. The average Bonchev–Trinajstić information content (AvgIpc) is 3.38. The van der Waals surface area contributed by atoms with Gasteiger partial charge in [-0.15, -0.1) is 10.2 Å². The molecule has 0 spiro atoms. The lowest BCUT2D eigenvalue weighted by Crippen LogP contribution is -2.22. The molecule has 0 saturated carbocycles. The van der Waals surface area contributed by atoms with Crippen LogP contribution in [-0.2, 0) is 4.79 Å². The third-order valence-electron chi connectivity index (χ3n) is 4.64. The van der Waals surface area contributed by atoms with E-state index in [0.717, 1.165) is 11.8 Å². The molecule has 0 aliphatic carbocycles. The summed E-state index contributed by atoms with van der Waals surface area (Å²) in [5.41, 5.74) is 1.55. The van der Waals surface area contributed by atoms with Crippen LogP contribution in [0.2, 0.25) is 0 Å². The van der Waals surface area contributed by atoms with Crippen molar-refractivity contribution in [3.63, 3.8) is 0 Å². The van der Waals surface area contributed by atoms with Gasteiger partial charge in [0.05, 0.1) is 16.3 Å². The zero-order chi connectivity index (χ0) is 21.4. The third kappa shape index (κ3) is 3.99.